The SMILES string of the molecule is C=CC(=O)OC(=CC1CCCCC1)C(=O)OCCC. The number of carbonyl (C=O) groups excluding carboxylic acids is 2. The lowest BCUT2D eigenvalue weighted by molar-refractivity contribution is -0.149. The summed E-state index contributed by atoms with van der Waals surface area (Å²) in [6, 6.07) is 0. The molecule has 0 radical (unpaired) electrons. The number of carbonyl (C=O) groups is 2. The molecule has 1 aliphatic carbocycles. The molecule has 4 nitrogen and oxygen atoms in total. The summed E-state index contributed by atoms with van der Waals surface area (Å²) in [5.41, 5.74) is 0. The molecule has 0 atom stereocenters. The monoisotopic (exact) mass is 266 g/mol. The van der Waals surface area contributed by atoms with Crippen molar-refractivity contribution in [3.8, 4) is 0 Å². The lowest BCUT2D eigenvalue weighted by Gasteiger charge is -2.19. The van der Waals surface area contributed by atoms with Crippen LogP contribution < -0.4 is 0 Å². The van der Waals surface area contributed by atoms with Gasteiger partial charge in [-0.05, 0) is 31.3 Å². The number of rotatable bonds is 6. The zero-order valence-electron chi connectivity index (χ0n) is 11.5. The number of allylic oxidation sites excluding steroid dienone is 1. The van der Waals surface area contributed by atoms with E-state index in [0.29, 0.717) is 6.61 Å². The second kappa shape index (κ2) is 8.51. The van der Waals surface area contributed by atoms with E-state index in [1.807, 2.05) is 6.92 Å². The van der Waals surface area contributed by atoms with E-state index in [-0.39, 0.29) is 11.7 Å². The van der Waals surface area contributed by atoms with Gasteiger partial charge in [-0.25, -0.2) is 9.59 Å². The molecule has 19 heavy (non-hydrogen) atoms. The van der Waals surface area contributed by atoms with Crippen LogP contribution >= 0.6 is 0 Å². The van der Waals surface area contributed by atoms with Crippen LogP contribution in [0.15, 0.2) is 24.5 Å². The molecule has 0 aliphatic heterocycles. The topological polar surface area (TPSA) is 52.6 Å². The third kappa shape index (κ3) is 5.73. The average Bonchev–Trinajstić information content (AvgIpc) is 2.44. The normalized spacial score (nSPS) is 16.8. The number of hydrogen-bond donors (Lipinski definition) is 0. The van der Waals surface area contributed by atoms with Crippen LogP contribution in [0.25, 0.3) is 0 Å². The Morgan fingerprint density at radius 2 is 1.95 bits per heavy atom. The van der Waals surface area contributed by atoms with Crippen LogP contribution in [0.1, 0.15) is 45.4 Å². The van der Waals surface area contributed by atoms with Gasteiger partial charge in [0, 0.05) is 6.08 Å². The van der Waals surface area contributed by atoms with E-state index in [4.69, 9.17) is 9.47 Å². The van der Waals surface area contributed by atoms with Crippen molar-refractivity contribution < 1.29 is 19.1 Å². The fourth-order valence-corrected chi connectivity index (χ4v) is 2.07. The van der Waals surface area contributed by atoms with Gasteiger partial charge in [0.25, 0.3) is 0 Å². The first-order valence-electron chi connectivity index (χ1n) is 6.90. The number of ether oxygens (including phenoxy) is 2. The molecule has 0 aromatic heterocycles. The van der Waals surface area contributed by atoms with E-state index < -0.39 is 11.9 Å². The average molecular weight is 266 g/mol. The van der Waals surface area contributed by atoms with Crippen molar-refractivity contribution in [2.75, 3.05) is 6.61 Å². The highest BCUT2D eigenvalue weighted by molar-refractivity contribution is 5.92. The smallest absolute Gasteiger partial charge is 0.374 e. The molecule has 0 saturated heterocycles. The molecule has 106 valence electrons. The standard InChI is InChI=1S/C15H22O4/c1-3-10-18-15(17)13(19-14(16)4-2)11-12-8-6-5-7-9-12/h4,11-12H,2-3,5-10H2,1H3. The molecule has 0 N–H and O–H groups in total. The molecule has 0 bridgehead atoms. The van der Waals surface area contributed by atoms with E-state index >= 15 is 0 Å². The van der Waals surface area contributed by atoms with Crippen molar-refractivity contribution in [1.29, 1.82) is 0 Å². The third-order valence-electron chi connectivity index (χ3n) is 3.05. The molecule has 1 rings (SSSR count). The summed E-state index contributed by atoms with van der Waals surface area (Å²) in [5, 5.41) is 0. The highest BCUT2D eigenvalue weighted by Crippen LogP contribution is 2.26. The molecule has 0 amide bonds. The zero-order chi connectivity index (χ0) is 14.1. The first-order valence-corrected chi connectivity index (χ1v) is 6.90. The van der Waals surface area contributed by atoms with Gasteiger partial charge >= 0.3 is 11.9 Å². The van der Waals surface area contributed by atoms with Crippen molar-refractivity contribution in [2.24, 2.45) is 5.92 Å². The molecule has 0 spiro atoms. The van der Waals surface area contributed by atoms with Gasteiger partial charge in [-0.15, -0.1) is 0 Å². The summed E-state index contributed by atoms with van der Waals surface area (Å²) in [7, 11) is 0. The zero-order valence-corrected chi connectivity index (χ0v) is 11.5. The summed E-state index contributed by atoms with van der Waals surface area (Å²) in [5.74, 6) is -0.904. The van der Waals surface area contributed by atoms with Crippen LogP contribution in [0.4, 0.5) is 0 Å². The van der Waals surface area contributed by atoms with E-state index in [1.165, 1.54) is 6.42 Å². The van der Waals surface area contributed by atoms with Gasteiger partial charge in [-0.1, -0.05) is 32.8 Å². The predicted molar refractivity (Wildman–Crippen MR) is 72.2 cm³/mol. The number of hydrogen-bond acceptors (Lipinski definition) is 4. The Morgan fingerprint density at radius 3 is 2.53 bits per heavy atom. The van der Waals surface area contributed by atoms with E-state index in [1.54, 1.807) is 6.08 Å². The van der Waals surface area contributed by atoms with Crippen LogP contribution in [0.5, 0.6) is 0 Å². The largest absolute Gasteiger partial charge is 0.460 e. The van der Waals surface area contributed by atoms with Gasteiger partial charge in [0.2, 0.25) is 5.76 Å². The summed E-state index contributed by atoms with van der Waals surface area (Å²) in [4.78, 5) is 23.1. The molecule has 0 aromatic carbocycles. The third-order valence-corrected chi connectivity index (χ3v) is 3.05. The molecule has 0 heterocycles. The summed E-state index contributed by atoms with van der Waals surface area (Å²) in [6.45, 7) is 5.56. The van der Waals surface area contributed by atoms with Gasteiger partial charge in [-0.2, -0.15) is 0 Å². The molecular formula is C15H22O4. The molecule has 0 unspecified atom stereocenters. The van der Waals surface area contributed by atoms with Crippen LogP contribution in [0, 0.1) is 5.92 Å². The van der Waals surface area contributed by atoms with Crippen molar-refractivity contribution in [1.82, 2.24) is 0 Å². The van der Waals surface area contributed by atoms with Gasteiger partial charge in [-0.3, -0.25) is 0 Å². The minimum Gasteiger partial charge on any atom is -0.460 e. The van der Waals surface area contributed by atoms with Crippen molar-refractivity contribution in [3.63, 3.8) is 0 Å². The Hall–Kier alpha value is -1.58. The summed E-state index contributed by atoms with van der Waals surface area (Å²) >= 11 is 0. The molecule has 1 saturated carbocycles. The number of esters is 2. The lowest BCUT2D eigenvalue weighted by atomic mass is 9.89. The second-order valence-electron chi connectivity index (χ2n) is 4.69. The van der Waals surface area contributed by atoms with Crippen molar-refractivity contribution in [3.05, 3.63) is 24.5 Å². The minimum absolute atomic E-state index is 0.00486. The quantitative estimate of drug-likeness (QED) is 0.421. The molecule has 0 aromatic rings. The van der Waals surface area contributed by atoms with Gasteiger partial charge in [0.05, 0.1) is 6.61 Å². The van der Waals surface area contributed by atoms with E-state index in [2.05, 4.69) is 6.58 Å². The van der Waals surface area contributed by atoms with Gasteiger partial charge in [0.1, 0.15) is 0 Å². The maximum Gasteiger partial charge on any atom is 0.374 e. The van der Waals surface area contributed by atoms with Gasteiger partial charge in [0.15, 0.2) is 0 Å². The molecule has 4 heteroatoms. The molecule has 1 aliphatic rings. The first kappa shape index (κ1) is 15.5. The Kier molecular flexibility index (Phi) is 6.93. The van der Waals surface area contributed by atoms with E-state index in [0.717, 1.165) is 38.2 Å². The lowest BCUT2D eigenvalue weighted by Crippen LogP contribution is -2.16. The van der Waals surface area contributed by atoms with Crippen molar-refractivity contribution in [2.45, 2.75) is 45.4 Å². The molecule has 1 fully saturated rings. The van der Waals surface area contributed by atoms with Gasteiger partial charge < -0.3 is 9.47 Å². The minimum atomic E-state index is -0.629. The van der Waals surface area contributed by atoms with E-state index in [9.17, 15) is 9.59 Å². The predicted octanol–water partition coefficient (Wildman–Crippen LogP) is 3.13. The van der Waals surface area contributed by atoms with Crippen LogP contribution in [0.2, 0.25) is 0 Å². The Morgan fingerprint density at radius 1 is 1.26 bits per heavy atom. The summed E-state index contributed by atoms with van der Waals surface area (Å²) < 4.78 is 10.0. The highest BCUT2D eigenvalue weighted by atomic mass is 16.6. The fourth-order valence-electron chi connectivity index (χ4n) is 2.07. The Balaban J connectivity index is 2.71. The highest BCUT2D eigenvalue weighted by Gasteiger charge is 2.19. The maximum atomic E-state index is 11.8. The van der Waals surface area contributed by atoms with Crippen molar-refractivity contribution >= 4 is 11.9 Å². The first-order chi connectivity index (χ1) is 9.17. The van der Waals surface area contributed by atoms with Crippen LogP contribution in [-0.2, 0) is 19.1 Å². The second-order valence-corrected chi connectivity index (χ2v) is 4.69. The molecular weight excluding hydrogens is 244 g/mol. The van der Waals surface area contributed by atoms with Crippen LogP contribution in [-0.4, -0.2) is 18.5 Å². The summed E-state index contributed by atoms with van der Waals surface area (Å²) in [6.07, 6.45) is 9.08. The Bertz CT molecular complexity index is 351. The maximum absolute atomic E-state index is 11.8. The van der Waals surface area contributed by atoms with Crippen LogP contribution in [0.3, 0.4) is 0 Å². The fraction of sp³-hybridized carbons (Fsp3) is 0.600. The Labute approximate surface area is 114 Å².